The fourth-order valence-electron chi connectivity index (χ4n) is 4.08. The van der Waals surface area contributed by atoms with Gasteiger partial charge in [-0.3, -0.25) is 9.59 Å². The van der Waals surface area contributed by atoms with Crippen molar-refractivity contribution < 1.29 is 9.59 Å². The molecule has 1 aliphatic carbocycles. The summed E-state index contributed by atoms with van der Waals surface area (Å²) in [4.78, 5) is 26.3. The molecule has 2 heterocycles. The van der Waals surface area contributed by atoms with Gasteiger partial charge in [0.25, 0.3) is 0 Å². The van der Waals surface area contributed by atoms with Crippen LogP contribution in [0.4, 0.5) is 5.69 Å². The summed E-state index contributed by atoms with van der Waals surface area (Å²) in [5.74, 6) is -0.0379. The quantitative estimate of drug-likeness (QED) is 0.863. The molecule has 2 unspecified atom stereocenters. The van der Waals surface area contributed by atoms with E-state index in [-0.39, 0.29) is 24.3 Å². The van der Waals surface area contributed by atoms with Gasteiger partial charge in [0.2, 0.25) is 11.8 Å². The number of rotatable bonds is 4. The van der Waals surface area contributed by atoms with Gasteiger partial charge in [-0.25, -0.2) is 0 Å². The minimum atomic E-state index is -0.409. The number of hydrogen-bond donors (Lipinski definition) is 2. The second-order valence-electron chi connectivity index (χ2n) is 6.94. The van der Waals surface area contributed by atoms with E-state index in [2.05, 4.69) is 22.1 Å². The van der Waals surface area contributed by atoms with Crippen LogP contribution in [0.25, 0.3) is 0 Å². The maximum absolute atomic E-state index is 13.1. The van der Waals surface area contributed by atoms with Gasteiger partial charge in [0.05, 0.1) is 12.0 Å². The lowest BCUT2D eigenvalue weighted by Crippen LogP contribution is -2.38. The molecule has 1 saturated carbocycles. The second-order valence-corrected chi connectivity index (χ2v) is 7.92. The van der Waals surface area contributed by atoms with E-state index in [9.17, 15) is 9.59 Å². The Morgan fingerprint density at radius 2 is 1.96 bits per heavy atom. The first kappa shape index (κ1) is 16.3. The number of fused-ring (bicyclic) bond motifs is 1. The number of nitrogens with one attached hydrogen (secondary N) is 2. The summed E-state index contributed by atoms with van der Waals surface area (Å²) in [5, 5.41) is 8.21. The van der Waals surface area contributed by atoms with E-state index in [1.165, 1.54) is 17.7 Å². The predicted octanol–water partition coefficient (Wildman–Crippen LogP) is 4.22. The van der Waals surface area contributed by atoms with Crippen LogP contribution in [0.2, 0.25) is 0 Å². The zero-order valence-corrected chi connectivity index (χ0v) is 14.9. The van der Waals surface area contributed by atoms with Gasteiger partial charge in [0, 0.05) is 17.0 Å². The highest BCUT2D eigenvalue weighted by molar-refractivity contribution is 7.10. The van der Waals surface area contributed by atoms with Crippen molar-refractivity contribution in [2.75, 3.05) is 5.32 Å². The Bertz CT molecular complexity index is 766. The molecule has 4 nitrogen and oxygen atoms in total. The standard InChI is InChI=1S/C20H22N2O2S/c23-18-12-15(14-8-3-4-9-16(14)21-18)20(24)22-19(13-6-1-2-7-13)17-10-5-11-25-17/h3-5,8-11,13,15,19H,1-2,6-7,12H2,(H,21,23)(H,22,24). The lowest BCUT2D eigenvalue weighted by atomic mass is 9.88. The lowest BCUT2D eigenvalue weighted by molar-refractivity contribution is -0.127. The first-order valence-electron chi connectivity index (χ1n) is 8.95. The zero-order valence-electron chi connectivity index (χ0n) is 14.0. The molecule has 0 spiro atoms. The number of para-hydroxylation sites is 1. The largest absolute Gasteiger partial charge is 0.348 e. The van der Waals surface area contributed by atoms with Crippen molar-refractivity contribution in [2.45, 2.75) is 44.1 Å². The summed E-state index contributed by atoms with van der Waals surface area (Å²) in [6.45, 7) is 0. The molecule has 2 aliphatic rings. The van der Waals surface area contributed by atoms with Crippen molar-refractivity contribution in [1.82, 2.24) is 5.32 Å². The molecule has 0 saturated heterocycles. The number of anilines is 1. The summed E-state index contributed by atoms with van der Waals surface area (Å²) in [7, 11) is 0. The highest BCUT2D eigenvalue weighted by atomic mass is 32.1. The van der Waals surface area contributed by atoms with Gasteiger partial charge < -0.3 is 10.6 Å². The van der Waals surface area contributed by atoms with Crippen LogP contribution in [-0.4, -0.2) is 11.8 Å². The molecule has 1 aromatic heterocycles. The maximum Gasteiger partial charge on any atom is 0.228 e. The predicted molar refractivity (Wildman–Crippen MR) is 99.6 cm³/mol. The average Bonchev–Trinajstić information content (AvgIpc) is 3.32. The van der Waals surface area contributed by atoms with E-state index in [1.54, 1.807) is 11.3 Å². The molecule has 5 heteroatoms. The maximum atomic E-state index is 13.1. The van der Waals surface area contributed by atoms with Crippen LogP contribution in [0.1, 0.15) is 54.5 Å². The van der Waals surface area contributed by atoms with Gasteiger partial charge in [-0.2, -0.15) is 0 Å². The van der Waals surface area contributed by atoms with E-state index < -0.39 is 5.92 Å². The van der Waals surface area contributed by atoms with Crippen molar-refractivity contribution in [1.29, 1.82) is 0 Å². The summed E-state index contributed by atoms with van der Waals surface area (Å²) in [5.41, 5.74) is 1.67. The van der Waals surface area contributed by atoms with Crippen molar-refractivity contribution >= 4 is 28.8 Å². The summed E-state index contributed by atoms with van der Waals surface area (Å²) < 4.78 is 0. The Kier molecular flexibility index (Phi) is 4.57. The lowest BCUT2D eigenvalue weighted by Gasteiger charge is -2.29. The number of carbonyl (C=O) groups excluding carboxylic acids is 2. The van der Waals surface area contributed by atoms with Crippen molar-refractivity contribution in [2.24, 2.45) is 5.92 Å². The highest BCUT2D eigenvalue weighted by Crippen LogP contribution is 2.39. The minimum Gasteiger partial charge on any atom is -0.348 e. The first-order chi connectivity index (χ1) is 12.2. The minimum absolute atomic E-state index is 0.0346. The molecule has 0 radical (unpaired) electrons. The van der Waals surface area contributed by atoms with E-state index >= 15 is 0 Å². The van der Waals surface area contributed by atoms with Crippen molar-refractivity contribution in [3.63, 3.8) is 0 Å². The highest BCUT2D eigenvalue weighted by Gasteiger charge is 2.34. The summed E-state index contributed by atoms with van der Waals surface area (Å²) in [6, 6.07) is 11.8. The van der Waals surface area contributed by atoms with Crippen LogP contribution in [0.15, 0.2) is 41.8 Å². The van der Waals surface area contributed by atoms with Crippen LogP contribution in [-0.2, 0) is 9.59 Å². The topological polar surface area (TPSA) is 58.2 Å². The number of carbonyl (C=O) groups is 2. The van der Waals surface area contributed by atoms with Crippen LogP contribution < -0.4 is 10.6 Å². The van der Waals surface area contributed by atoms with Gasteiger partial charge in [-0.15, -0.1) is 11.3 Å². The normalized spacial score (nSPS) is 21.4. The first-order valence-corrected chi connectivity index (χ1v) is 9.83. The third-order valence-electron chi connectivity index (χ3n) is 5.34. The molecule has 1 fully saturated rings. The third-order valence-corrected chi connectivity index (χ3v) is 6.29. The van der Waals surface area contributed by atoms with E-state index in [0.29, 0.717) is 5.92 Å². The molecule has 0 bridgehead atoms. The Morgan fingerprint density at radius 3 is 2.72 bits per heavy atom. The smallest absolute Gasteiger partial charge is 0.228 e. The van der Waals surface area contributed by atoms with Crippen LogP contribution in [0, 0.1) is 5.92 Å². The number of benzene rings is 1. The fraction of sp³-hybridized carbons (Fsp3) is 0.400. The number of thiophene rings is 1. The molecule has 25 heavy (non-hydrogen) atoms. The zero-order chi connectivity index (χ0) is 17.2. The number of hydrogen-bond acceptors (Lipinski definition) is 3. The molecule has 2 atom stereocenters. The molecular weight excluding hydrogens is 332 g/mol. The van der Waals surface area contributed by atoms with Gasteiger partial charge in [-0.1, -0.05) is 37.1 Å². The Hall–Kier alpha value is -2.14. The SMILES string of the molecule is O=C1CC(C(=O)NC(c2cccs2)C2CCCC2)c2ccccc2N1. The molecule has 2 N–H and O–H groups in total. The van der Waals surface area contributed by atoms with Crippen molar-refractivity contribution in [3.8, 4) is 0 Å². The fourth-order valence-corrected chi connectivity index (χ4v) is 4.95. The Labute approximate surface area is 151 Å². The van der Waals surface area contributed by atoms with E-state index in [0.717, 1.165) is 24.1 Å². The van der Waals surface area contributed by atoms with Gasteiger partial charge in [-0.05, 0) is 41.8 Å². The second kappa shape index (κ2) is 7.00. The van der Waals surface area contributed by atoms with Gasteiger partial charge in [0.1, 0.15) is 0 Å². The average molecular weight is 354 g/mol. The Balaban J connectivity index is 1.58. The van der Waals surface area contributed by atoms with E-state index in [1.807, 2.05) is 30.3 Å². The molecule has 2 amide bonds. The van der Waals surface area contributed by atoms with Crippen LogP contribution in [0.3, 0.4) is 0 Å². The molecule has 1 aromatic carbocycles. The third kappa shape index (κ3) is 3.33. The summed E-state index contributed by atoms with van der Waals surface area (Å²) in [6.07, 6.45) is 4.99. The van der Waals surface area contributed by atoms with E-state index in [4.69, 9.17) is 0 Å². The van der Waals surface area contributed by atoms with Gasteiger partial charge in [0.15, 0.2) is 0 Å². The number of amides is 2. The summed E-state index contributed by atoms with van der Waals surface area (Å²) >= 11 is 1.70. The van der Waals surface area contributed by atoms with Crippen LogP contribution in [0.5, 0.6) is 0 Å². The van der Waals surface area contributed by atoms with Crippen molar-refractivity contribution in [3.05, 3.63) is 52.2 Å². The molecular formula is C20H22N2O2S. The molecule has 4 rings (SSSR count). The monoisotopic (exact) mass is 354 g/mol. The van der Waals surface area contributed by atoms with Gasteiger partial charge >= 0.3 is 0 Å². The molecule has 2 aromatic rings. The molecule has 130 valence electrons. The van der Waals surface area contributed by atoms with Crippen LogP contribution >= 0.6 is 11.3 Å². The Morgan fingerprint density at radius 1 is 1.16 bits per heavy atom. The molecule has 1 aliphatic heterocycles.